The van der Waals surface area contributed by atoms with E-state index in [4.69, 9.17) is 4.74 Å². The molecule has 0 saturated heterocycles. The number of rotatable bonds is 2. The van der Waals surface area contributed by atoms with Crippen LogP contribution in [0.1, 0.15) is 37.2 Å². The van der Waals surface area contributed by atoms with Crippen LogP contribution in [0.3, 0.4) is 0 Å². The van der Waals surface area contributed by atoms with Crippen LogP contribution in [0.25, 0.3) is 0 Å². The molecule has 2 aliphatic rings. The quantitative estimate of drug-likeness (QED) is 0.722. The molecule has 1 spiro atoms. The Hall–Kier alpha value is -0.760. The molecule has 1 nitrogen and oxygen atoms in total. The number of hydrogen-bond donors (Lipinski definition) is 0. The summed E-state index contributed by atoms with van der Waals surface area (Å²) < 4.78 is 6.24. The summed E-state index contributed by atoms with van der Waals surface area (Å²) in [4.78, 5) is 0. The van der Waals surface area contributed by atoms with E-state index in [1.807, 2.05) is 6.26 Å². The average Bonchev–Trinajstić information content (AvgIpc) is 2.21. The summed E-state index contributed by atoms with van der Waals surface area (Å²) >= 11 is 3.49. The van der Waals surface area contributed by atoms with Gasteiger partial charge >= 0.3 is 0 Å². The monoisotopic (exact) mass is 292 g/mol. The molecular weight excluding hydrogens is 276 g/mol. The van der Waals surface area contributed by atoms with Crippen molar-refractivity contribution in [3.8, 4) is 0 Å². The first-order chi connectivity index (χ1) is 8.21. The lowest BCUT2D eigenvalue weighted by Crippen LogP contribution is -2.42. The Bertz CT molecular complexity index is 430. The van der Waals surface area contributed by atoms with E-state index in [0.717, 1.165) is 5.92 Å². The molecule has 1 aromatic rings. The van der Waals surface area contributed by atoms with E-state index in [9.17, 15) is 0 Å². The van der Waals surface area contributed by atoms with Crippen LogP contribution in [0.5, 0.6) is 0 Å². The van der Waals surface area contributed by atoms with Crippen molar-refractivity contribution in [1.82, 2.24) is 0 Å². The van der Waals surface area contributed by atoms with E-state index in [2.05, 4.69) is 40.2 Å². The minimum atomic E-state index is 0.627. The highest BCUT2D eigenvalue weighted by atomic mass is 79.9. The van der Waals surface area contributed by atoms with Gasteiger partial charge in [-0.15, -0.1) is 0 Å². The van der Waals surface area contributed by atoms with Gasteiger partial charge in [0.15, 0.2) is 0 Å². The summed E-state index contributed by atoms with van der Waals surface area (Å²) in [6, 6.07) is 8.81. The molecule has 1 aromatic carbocycles. The Morgan fingerprint density at radius 2 is 1.88 bits per heavy atom. The number of ether oxygens (including phenoxy) is 1. The van der Waals surface area contributed by atoms with Crippen molar-refractivity contribution < 1.29 is 4.74 Å². The second kappa shape index (κ2) is 4.16. The van der Waals surface area contributed by atoms with E-state index in [1.54, 1.807) is 7.11 Å². The van der Waals surface area contributed by atoms with Crippen molar-refractivity contribution in [1.29, 1.82) is 0 Å². The lowest BCUT2D eigenvalue weighted by molar-refractivity contribution is 0.0499. The van der Waals surface area contributed by atoms with Gasteiger partial charge in [-0.3, -0.25) is 0 Å². The standard InChI is InChI=1S/C15H17BrO/c1-17-10-11-6-15(7-11)8-13(9-15)12-2-4-14(16)5-3-12/h2-5,10,13H,6-9H2,1H3. The normalized spacial score (nSPS) is 30.7. The first kappa shape index (κ1) is 11.3. The number of methoxy groups -OCH3 is 1. The van der Waals surface area contributed by atoms with Gasteiger partial charge in [-0.25, -0.2) is 0 Å². The SMILES string of the molecule is COC=C1CC2(C1)CC(c1ccc(Br)cc1)C2. The Labute approximate surface area is 111 Å². The zero-order valence-electron chi connectivity index (χ0n) is 10.1. The minimum absolute atomic E-state index is 0.627. The molecular formula is C15H17BrO. The fraction of sp³-hybridized carbons (Fsp3) is 0.467. The van der Waals surface area contributed by atoms with Crippen LogP contribution in [0.2, 0.25) is 0 Å². The molecule has 90 valence electrons. The summed E-state index contributed by atoms with van der Waals surface area (Å²) in [5, 5.41) is 0. The summed E-state index contributed by atoms with van der Waals surface area (Å²) in [5.41, 5.74) is 3.62. The van der Waals surface area contributed by atoms with Gasteiger partial charge in [0.1, 0.15) is 0 Å². The molecule has 3 rings (SSSR count). The second-order valence-corrected chi connectivity index (χ2v) is 6.44. The molecule has 0 aromatic heterocycles. The van der Waals surface area contributed by atoms with Crippen LogP contribution in [0.4, 0.5) is 0 Å². The Morgan fingerprint density at radius 3 is 2.47 bits per heavy atom. The van der Waals surface area contributed by atoms with E-state index in [0.29, 0.717) is 5.41 Å². The van der Waals surface area contributed by atoms with Gasteiger partial charge in [0.05, 0.1) is 13.4 Å². The molecule has 17 heavy (non-hydrogen) atoms. The molecule has 0 atom stereocenters. The average molecular weight is 293 g/mol. The topological polar surface area (TPSA) is 9.23 Å². The van der Waals surface area contributed by atoms with Crippen LogP contribution >= 0.6 is 15.9 Å². The first-order valence-corrected chi connectivity index (χ1v) is 6.96. The molecule has 0 bridgehead atoms. The van der Waals surface area contributed by atoms with Crippen molar-refractivity contribution in [3.63, 3.8) is 0 Å². The number of benzene rings is 1. The maximum Gasteiger partial charge on any atom is 0.0816 e. The highest BCUT2D eigenvalue weighted by molar-refractivity contribution is 9.10. The molecule has 2 fully saturated rings. The van der Waals surface area contributed by atoms with Crippen LogP contribution in [-0.2, 0) is 4.74 Å². The van der Waals surface area contributed by atoms with Crippen molar-refractivity contribution in [3.05, 3.63) is 46.1 Å². The number of halogens is 1. The maximum atomic E-state index is 5.07. The van der Waals surface area contributed by atoms with Crippen molar-refractivity contribution in [2.24, 2.45) is 5.41 Å². The third-order valence-corrected chi connectivity index (χ3v) is 4.72. The summed E-state index contributed by atoms with van der Waals surface area (Å²) in [6.07, 6.45) is 7.16. The van der Waals surface area contributed by atoms with Gasteiger partial charge in [0.25, 0.3) is 0 Å². The largest absolute Gasteiger partial charge is 0.504 e. The third-order valence-electron chi connectivity index (χ3n) is 4.19. The molecule has 0 unspecified atom stereocenters. The summed E-state index contributed by atoms with van der Waals surface area (Å²) in [5.74, 6) is 0.784. The van der Waals surface area contributed by atoms with E-state index in [1.165, 1.54) is 41.3 Å². The molecule has 2 heteroatoms. The zero-order valence-corrected chi connectivity index (χ0v) is 11.7. The van der Waals surface area contributed by atoms with Crippen LogP contribution < -0.4 is 0 Å². The highest BCUT2D eigenvalue weighted by Crippen LogP contribution is 2.63. The minimum Gasteiger partial charge on any atom is -0.504 e. The lowest BCUT2D eigenvalue weighted by Gasteiger charge is -2.55. The fourth-order valence-electron chi connectivity index (χ4n) is 3.41. The number of hydrogen-bond acceptors (Lipinski definition) is 1. The molecule has 0 amide bonds. The van der Waals surface area contributed by atoms with Crippen LogP contribution in [-0.4, -0.2) is 7.11 Å². The molecule has 2 aliphatic carbocycles. The molecule has 2 saturated carbocycles. The predicted octanol–water partition coefficient (Wildman–Crippen LogP) is 4.64. The highest BCUT2D eigenvalue weighted by Gasteiger charge is 2.50. The van der Waals surface area contributed by atoms with Crippen molar-refractivity contribution >= 4 is 15.9 Å². The Balaban J connectivity index is 1.59. The van der Waals surface area contributed by atoms with E-state index < -0.39 is 0 Å². The third kappa shape index (κ3) is 2.03. The zero-order chi connectivity index (χ0) is 11.9. The molecule has 0 radical (unpaired) electrons. The van der Waals surface area contributed by atoms with Gasteiger partial charge < -0.3 is 4.74 Å². The lowest BCUT2D eigenvalue weighted by atomic mass is 9.49. The van der Waals surface area contributed by atoms with Crippen molar-refractivity contribution in [2.75, 3.05) is 7.11 Å². The van der Waals surface area contributed by atoms with Gasteiger partial charge in [0, 0.05) is 4.47 Å². The summed E-state index contributed by atoms with van der Waals surface area (Å²) in [6.45, 7) is 0. The first-order valence-electron chi connectivity index (χ1n) is 6.17. The Kier molecular flexibility index (Phi) is 2.78. The Morgan fingerprint density at radius 1 is 1.24 bits per heavy atom. The van der Waals surface area contributed by atoms with E-state index in [-0.39, 0.29) is 0 Å². The van der Waals surface area contributed by atoms with Gasteiger partial charge in [0.2, 0.25) is 0 Å². The van der Waals surface area contributed by atoms with Gasteiger partial charge in [-0.2, -0.15) is 0 Å². The second-order valence-electron chi connectivity index (χ2n) is 5.52. The van der Waals surface area contributed by atoms with Crippen LogP contribution in [0.15, 0.2) is 40.6 Å². The molecule has 0 aliphatic heterocycles. The van der Waals surface area contributed by atoms with Crippen molar-refractivity contribution in [2.45, 2.75) is 31.6 Å². The van der Waals surface area contributed by atoms with Gasteiger partial charge in [-0.05, 0) is 60.3 Å². The van der Waals surface area contributed by atoms with Crippen LogP contribution in [0, 0.1) is 5.41 Å². The summed E-state index contributed by atoms with van der Waals surface area (Å²) in [7, 11) is 1.74. The molecule has 0 heterocycles. The maximum absolute atomic E-state index is 5.07. The molecule has 0 N–H and O–H groups in total. The fourth-order valence-corrected chi connectivity index (χ4v) is 3.67. The number of allylic oxidation sites excluding steroid dienone is 1. The smallest absolute Gasteiger partial charge is 0.0816 e. The van der Waals surface area contributed by atoms with Gasteiger partial charge in [-0.1, -0.05) is 28.1 Å². The predicted molar refractivity (Wildman–Crippen MR) is 72.9 cm³/mol. The van der Waals surface area contributed by atoms with E-state index >= 15 is 0 Å².